The molecule has 2 aliphatic heterocycles. The van der Waals surface area contributed by atoms with Crippen LogP contribution in [0.3, 0.4) is 0 Å². The molecule has 0 bridgehead atoms. The van der Waals surface area contributed by atoms with Crippen LogP contribution < -0.4 is 10.2 Å². The number of carbonyl (C=O) groups is 1. The molecule has 1 aromatic rings. The fourth-order valence-electron chi connectivity index (χ4n) is 4.37. The monoisotopic (exact) mass is 367 g/mol. The average Bonchev–Trinajstić information content (AvgIpc) is 2.94. The van der Waals surface area contributed by atoms with Gasteiger partial charge in [0.15, 0.2) is 5.92 Å². The largest absolute Gasteiger partial charge is 0.339 e. The Morgan fingerprint density at radius 1 is 1.04 bits per heavy atom. The number of aromatic nitrogens is 2. The lowest BCUT2D eigenvalue weighted by atomic mass is 9.77. The number of nitrogens with one attached hydrogen (secondary N) is 1. The van der Waals surface area contributed by atoms with E-state index in [2.05, 4.69) is 31.2 Å². The molecule has 2 fully saturated rings. The van der Waals surface area contributed by atoms with Gasteiger partial charge in [0.1, 0.15) is 0 Å². The molecule has 142 valence electrons. The molecule has 4 rings (SSSR count). The summed E-state index contributed by atoms with van der Waals surface area (Å²) in [6.07, 6.45) is 9.50. The van der Waals surface area contributed by atoms with E-state index in [1.165, 1.54) is 0 Å². The number of hydrogen-bond acceptors (Lipinski definition) is 7. The first-order valence-electron chi connectivity index (χ1n) is 9.79. The van der Waals surface area contributed by atoms with Crippen molar-refractivity contribution < 1.29 is 4.79 Å². The van der Waals surface area contributed by atoms with Crippen LogP contribution in [0.2, 0.25) is 0 Å². The van der Waals surface area contributed by atoms with Crippen LogP contribution in [0.1, 0.15) is 38.5 Å². The van der Waals surface area contributed by atoms with E-state index in [1.807, 2.05) is 6.07 Å². The third-order valence-electron chi connectivity index (χ3n) is 5.88. The highest BCUT2D eigenvalue weighted by molar-refractivity contribution is 6.02. The highest BCUT2D eigenvalue weighted by atomic mass is 16.2. The van der Waals surface area contributed by atoms with E-state index < -0.39 is 11.5 Å². The van der Waals surface area contributed by atoms with Crippen molar-refractivity contribution in [3.8, 4) is 6.07 Å². The molecule has 0 radical (unpaired) electrons. The maximum atomic E-state index is 12.7. The summed E-state index contributed by atoms with van der Waals surface area (Å²) >= 11 is 0. The molecule has 1 N–H and O–H groups in total. The van der Waals surface area contributed by atoms with Crippen LogP contribution in [-0.4, -0.2) is 58.5 Å². The molecule has 1 atom stereocenters. The van der Waals surface area contributed by atoms with Crippen molar-refractivity contribution in [3.05, 3.63) is 18.5 Å². The van der Waals surface area contributed by atoms with Crippen molar-refractivity contribution >= 4 is 17.8 Å². The molecule has 27 heavy (non-hydrogen) atoms. The summed E-state index contributed by atoms with van der Waals surface area (Å²) in [7, 11) is 0. The number of piperazine rings is 1. The van der Waals surface area contributed by atoms with Crippen LogP contribution in [0.15, 0.2) is 23.5 Å². The van der Waals surface area contributed by atoms with Gasteiger partial charge in [0, 0.05) is 38.6 Å². The second-order valence-corrected chi connectivity index (χ2v) is 7.53. The van der Waals surface area contributed by atoms with Crippen molar-refractivity contribution in [2.75, 3.05) is 31.1 Å². The zero-order valence-corrected chi connectivity index (χ0v) is 15.5. The van der Waals surface area contributed by atoms with E-state index in [4.69, 9.17) is 4.99 Å². The number of rotatable bonds is 1. The van der Waals surface area contributed by atoms with E-state index in [-0.39, 0.29) is 5.91 Å². The summed E-state index contributed by atoms with van der Waals surface area (Å²) < 4.78 is 0. The Morgan fingerprint density at radius 2 is 1.67 bits per heavy atom. The number of aliphatic imine (C=N–C) groups is 1. The van der Waals surface area contributed by atoms with Gasteiger partial charge >= 0.3 is 0 Å². The first-order chi connectivity index (χ1) is 13.2. The van der Waals surface area contributed by atoms with Crippen LogP contribution in [0.25, 0.3) is 0 Å². The van der Waals surface area contributed by atoms with Gasteiger partial charge in [0.05, 0.1) is 11.6 Å². The van der Waals surface area contributed by atoms with Gasteiger partial charge in [-0.1, -0.05) is 25.7 Å². The van der Waals surface area contributed by atoms with Gasteiger partial charge in [0.2, 0.25) is 17.8 Å². The third kappa shape index (κ3) is 3.46. The zero-order valence-electron chi connectivity index (χ0n) is 15.5. The SMILES string of the molecule is N#CC1C(=O)NC(N2CCN(c3ncccn3)CC2)=NC12CCCCCC2. The smallest absolute Gasteiger partial charge is 0.246 e. The Balaban J connectivity index is 1.52. The predicted molar refractivity (Wildman–Crippen MR) is 101 cm³/mol. The van der Waals surface area contributed by atoms with Gasteiger partial charge in [-0.3, -0.25) is 10.1 Å². The van der Waals surface area contributed by atoms with Gasteiger partial charge in [-0.15, -0.1) is 0 Å². The fourth-order valence-corrected chi connectivity index (χ4v) is 4.37. The molecule has 1 saturated heterocycles. The summed E-state index contributed by atoms with van der Waals surface area (Å²) in [5.74, 6) is 0.496. The lowest BCUT2D eigenvalue weighted by molar-refractivity contribution is -0.124. The molecule has 1 amide bonds. The minimum Gasteiger partial charge on any atom is -0.339 e. The van der Waals surface area contributed by atoms with E-state index in [0.717, 1.165) is 70.7 Å². The van der Waals surface area contributed by atoms with Crippen molar-refractivity contribution in [3.63, 3.8) is 0 Å². The number of carbonyl (C=O) groups excluding carboxylic acids is 1. The molecular formula is C19H25N7O. The van der Waals surface area contributed by atoms with Crippen LogP contribution >= 0.6 is 0 Å². The highest BCUT2D eigenvalue weighted by Gasteiger charge is 2.47. The zero-order chi connectivity index (χ0) is 18.7. The van der Waals surface area contributed by atoms with Gasteiger partial charge in [-0.25, -0.2) is 15.0 Å². The second-order valence-electron chi connectivity index (χ2n) is 7.53. The van der Waals surface area contributed by atoms with Crippen LogP contribution in [0.5, 0.6) is 0 Å². The highest BCUT2D eigenvalue weighted by Crippen LogP contribution is 2.39. The van der Waals surface area contributed by atoms with E-state index in [0.29, 0.717) is 5.96 Å². The average molecular weight is 367 g/mol. The molecule has 8 heteroatoms. The second kappa shape index (κ2) is 7.51. The molecular weight excluding hydrogens is 342 g/mol. The summed E-state index contributed by atoms with van der Waals surface area (Å²) in [5.41, 5.74) is -0.553. The Labute approximate surface area is 159 Å². The molecule has 3 heterocycles. The maximum absolute atomic E-state index is 12.7. The molecule has 1 aromatic heterocycles. The Morgan fingerprint density at radius 3 is 2.30 bits per heavy atom. The number of nitrogens with zero attached hydrogens (tertiary/aromatic N) is 6. The van der Waals surface area contributed by atoms with Gasteiger partial charge in [0.25, 0.3) is 0 Å². The van der Waals surface area contributed by atoms with Crippen molar-refractivity contribution in [1.82, 2.24) is 20.2 Å². The molecule has 1 unspecified atom stereocenters. The number of hydrogen-bond donors (Lipinski definition) is 1. The van der Waals surface area contributed by atoms with Crippen molar-refractivity contribution in [2.45, 2.75) is 44.1 Å². The predicted octanol–water partition coefficient (Wildman–Crippen LogP) is 1.32. The molecule has 1 spiro atoms. The molecule has 1 aliphatic carbocycles. The van der Waals surface area contributed by atoms with E-state index in [9.17, 15) is 10.1 Å². The fraction of sp³-hybridized carbons (Fsp3) is 0.632. The first-order valence-corrected chi connectivity index (χ1v) is 9.79. The summed E-state index contributed by atoms with van der Waals surface area (Å²) in [4.78, 5) is 30.6. The van der Waals surface area contributed by atoms with Crippen LogP contribution in [0, 0.1) is 17.2 Å². The lowest BCUT2D eigenvalue weighted by Gasteiger charge is -2.42. The third-order valence-corrected chi connectivity index (χ3v) is 5.88. The Bertz CT molecular complexity index is 741. The Kier molecular flexibility index (Phi) is 4.92. The van der Waals surface area contributed by atoms with E-state index >= 15 is 0 Å². The summed E-state index contributed by atoms with van der Waals surface area (Å²) in [6, 6.07) is 4.04. The van der Waals surface area contributed by atoms with E-state index in [1.54, 1.807) is 12.4 Å². The quantitative estimate of drug-likeness (QED) is 0.804. The topological polar surface area (TPSA) is 97.5 Å². The number of amides is 1. The molecule has 1 saturated carbocycles. The molecule has 8 nitrogen and oxygen atoms in total. The van der Waals surface area contributed by atoms with Crippen LogP contribution in [-0.2, 0) is 4.79 Å². The minimum absolute atomic E-state index is 0.196. The molecule has 0 aromatic carbocycles. The maximum Gasteiger partial charge on any atom is 0.246 e. The number of nitriles is 1. The lowest BCUT2D eigenvalue weighted by Crippen LogP contribution is -2.60. The first kappa shape index (κ1) is 17.7. The van der Waals surface area contributed by atoms with Gasteiger partial charge in [-0.2, -0.15) is 5.26 Å². The van der Waals surface area contributed by atoms with Gasteiger partial charge in [-0.05, 0) is 18.9 Å². The van der Waals surface area contributed by atoms with Crippen molar-refractivity contribution in [2.24, 2.45) is 10.9 Å². The summed E-state index contributed by atoms with van der Waals surface area (Å²) in [5, 5.41) is 12.5. The standard InChI is InChI=1S/C19H25N7O/c20-14-15-16(27)23-18(24-19(15)6-3-1-2-4-7-19)26-12-10-25(11-13-26)17-21-8-5-9-22-17/h5,8-9,15H,1-4,6-7,10-13H2,(H,23,24,27). The molecule has 3 aliphatic rings. The van der Waals surface area contributed by atoms with Crippen molar-refractivity contribution in [1.29, 1.82) is 5.26 Å². The Hall–Kier alpha value is -2.69. The van der Waals surface area contributed by atoms with Gasteiger partial charge < -0.3 is 9.80 Å². The number of anilines is 1. The normalized spacial score (nSPS) is 25.4. The number of guanidine groups is 1. The minimum atomic E-state index is -0.682. The van der Waals surface area contributed by atoms with Crippen LogP contribution in [0.4, 0.5) is 5.95 Å². The summed E-state index contributed by atoms with van der Waals surface area (Å²) in [6.45, 7) is 3.02.